The number of hydrogen-bond donors (Lipinski definition) is 1. The van der Waals surface area contributed by atoms with Crippen LogP contribution in [0.5, 0.6) is 0 Å². The lowest BCUT2D eigenvalue weighted by atomic mass is 10.0. The SMILES string of the molecule is CNCc1cnccc1-c1cccc(F)c1. The van der Waals surface area contributed by atoms with E-state index in [0.717, 1.165) is 23.2 Å². The van der Waals surface area contributed by atoms with Gasteiger partial charge in [-0.1, -0.05) is 12.1 Å². The van der Waals surface area contributed by atoms with Crippen molar-refractivity contribution in [3.8, 4) is 11.1 Å². The van der Waals surface area contributed by atoms with Crippen LogP contribution in [0, 0.1) is 5.82 Å². The molecule has 0 amide bonds. The van der Waals surface area contributed by atoms with Crippen molar-refractivity contribution in [2.75, 3.05) is 7.05 Å². The number of rotatable bonds is 3. The van der Waals surface area contributed by atoms with Crippen LogP contribution in [-0.2, 0) is 6.54 Å². The van der Waals surface area contributed by atoms with Crippen LogP contribution in [0.15, 0.2) is 42.7 Å². The lowest BCUT2D eigenvalue weighted by Crippen LogP contribution is -2.06. The third-order valence-electron chi connectivity index (χ3n) is 2.41. The van der Waals surface area contributed by atoms with Gasteiger partial charge in [0.25, 0.3) is 0 Å². The summed E-state index contributed by atoms with van der Waals surface area (Å²) < 4.78 is 13.1. The second-order valence-corrected chi connectivity index (χ2v) is 3.57. The van der Waals surface area contributed by atoms with E-state index in [1.54, 1.807) is 18.5 Å². The van der Waals surface area contributed by atoms with E-state index in [9.17, 15) is 4.39 Å². The average Bonchev–Trinajstić information content (AvgIpc) is 2.30. The second kappa shape index (κ2) is 4.86. The molecule has 0 saturated carbocycles. The molecule has 0 bridgehead atoms. The Balaban J connectivity index is 2.46. The van der Waals surface area contributed by atoms with Gasteiger partial charge in [-0.15, -0.1) is 0 Å². The van der Waals surface area contributed by atoms with Crippen molar-refractivity contribution in [1.29, 1.82) is 0 Å². The molecule has 1 aromatic carbocycles. The lowest BCUT2D eigenvalue weighted by Gasteiger charge is -2.08. The summed E-state index contributed by atoms with van der Waals surface area (Å²) in [6.07, 6.45) is 3.52. The Morgan fingerprint density at radius 3 is 2.94 bits per heavy atom. The molecule has 0 atom stereocenters. The summed E-state index contributed by atoms with van der Waals surface area (Å²) in [5.74, 6) is -0.218. The van der Waals surface area contributed by atoms with E-state index in [4.69, 9.17) is 0 Å². The highest BCUT2D eigenvalue weighted by atomic mass is 19.1. The summed E-state index contributed by atoms with van der Waals surface area (Å²) in [6.45, 7) is 0.722. The van der Waals surface area contributed by atoms with Crippen LogP contribution in [0.1, 0.15) is 5.56 Å². The molecule has 2 nitrogen and oxygen atoms in total. The topological polar surface area (TPSA) is 24.9 Å². The first kappa shape index (κ1) is 10.8. The van der Waals surface area contributed by atoms with Crippen LogP contribution in [0.25, 0.3) is 11.1 Å². The number of nitrogens with one attached hydrogen (secondary N) is 1. The van der Waals surface area contributed by atoms with Crippen LogP contribution in [-0.4, -0.2) is 12.0 Å². The number of aromatic nitrogens is 1. The van der Waals surface area contributed by atoms with E-state index in [0.29, 0.717) is 0 Å². The zero-order chi connectivity index (χ0) is 11.4. The van der Waals surface area contributed by atoms with Gasteiger partial charge < -0.3 is 5.32 Å². The van der Waals surface area contributed by atoms with E-state index in [1.807, 2.05) is 19.2 Å². The van der Waals surface area contributed by atoms with Crippen LogP contribution < -0.4 is 5.32 Å². The van der Waals surface area contributed by atoms with Gasteiger partial charge in [-0.05, 0) is 41.9 Å². The van der Waals surface area contributed by atoms with Crippen molar-refractivity contribution >= 4 is 0 Å². The van der Waals surface area contributed by atoms with Gasteiger partial charge in [-0.2, -0.15) is 0 Å². The zero-order valence-corrected chi connectivity index (χ0v) is 9.07. The fraction of sp³-hybridized carbons (Fsp3) is 0.154. The van der Waals surface area contributed by atoms with Gasteiger partial charge >= 0.3 is 0 Å². The number of halogens is 1. The van der Waals surface area contributed by atoms with Gasteiger partial charge in [0, 0.05) is 18.9 Å². The maximum Gasteiger partial charge on any atom is 0.123 e. The molecule has 0 fully saturated rings. The molecule has 82 valence electrons. The Bertz CT molecular complexity index is 483. The Morgan fingerprint density at radius 2 is 2.19 bits per heavy atom. The molecule has 0 unspecified atom stereocenters. The third kappa shape index (κ3) is 2.25. The maximum absolute atomic E-state index is 13.1. The molecule has 0 aliphatic heterocycles. The van der Waals surface area contributed by atoms with Crippen molar-refractivity contribution in [2.45, 2.75) is 6.54 Å². The van der Waals surface area contributed by atoms with E-state index < -0.39 is 0 Å². The largest absolute Gasteiger partial charge is 0.316 e. The second-order valence-electron chi connectivity index (χ2n) is 3.57. The quantitative estimate of drug-likeness (QED) is 0.853. The molecular formula is C13H13FN2. The molecule has 0 aliphatic rings. The summed E-state index contributed by atoms with van der Waals surface area (Å²) in [5, 5.41) is 3.08. The van der Waals surface area contributed by atoms with E-state index >= 15 is 0 Å². The molecule has 1 heterocycles. The minimum atomic E-state index is -0.218. The van der Waals surface area contributed by atoms with Crippen molar-refractivity contribution < 1.29 is 4.39 Å². The third-order valence-corrected chi connectivity index (χ3v) is 2.41. The molecule has 16 heavy (non-hydrogen) atoms. The zero-order valence-electron chi connectivity index (χ0n) is 9.07. The number of benzene rings is 1. The molecule has 0 saturated heterocycles. The first-order valence-electron chi connectivity index (χ1n) is 5.14. The van der Waals surface area contributed by atoms with Gasteiger partial charge in [-0.25, -0.2) is 4.39 Å². The van der Waals surface area contributed by atoms with Gasteiger partial charge in [0.15, 0.2) is 0 Å². The average molecular weight is 216 g/mol. The van der Waals surface area contributed by atoms with Crippen molar-refractivity contribution in [2.24, 2.45) is 0 Å². The minimum Gasteiger partial charge on any atom is -0.316 e. The molecule has 0 aliphatic carbocycles. The van der Waals surface area contributed by atoms with Crippen molar-refractivity contribution in [3.63, 3.8) is 0 Å². The summed E-state index contributed by atoms with van der Waals surface area (Å²) in [6, 6.07) is 8.50. The fourth-order valence-electron chi connectivity index (χ4n) is 1.70. The van der Waals surface area contributed by atoms with Gasteiger partial charge in [0.1, 0.15) is 5.82 Å². The Morgan fingerprint density at radius 1 is 1.31 bits per heavy atom. The van der Waals surface area contributed by atoms with Gasteiger partial charge in [0.2, 0.25) is 0 Å². The van der Waals surface area contributed by atoms with Crippen LogP contribution in [0.2, 0.25) is 0 Å². The fourth-order valence-corrected chi connectivity index (χ4v) is 1.70. The molecule has 0 spiro atoms. The molecule has 2 aromatic rings. The van der Waals surface area contributed by atoms with E-state index in [1.165, 1.54) is 12.1 Å². The summed E-state index contributed by atoms with van der Waals surface area (Å²) in [4.78, 5) is 4.08. The minimum absolute atomic E-state index is 0.218. The summed E-state index contributed by atoms with van der Waals surface area (Å²) in [7, 11) is 1.88. The first-order valence-corrected chi connectivity index (χ1v) is 5.14. The van der Waals surface area contributed by atoms with Crippen molar-refractivity contribution in [3.05, 3.63) is 54.1 Å². The number of hydrogen-bond acceptors (Lipinski definition) is 2. The first-order chi connectivity index (χ1) is 7.81. The summed E-state index contributed by atoms with van der Waals surface area (Å²) in [5.41, 5.74) is 2.96. The van der Waals surface area contributed by atoms with Crippen LogP contribution in [0.4, 0.5) is 4.39 Å². The van der Waals surface area contributed by atoms with E-state index in [-0.39, 0.29) is 5.82 Å². The van der Waals surface area contributed by atoms with Crippen molar-refractivity contribution in [1.82, 2.24) is 10.3 Å². The van der Waals surface area contributed by atoms with Crippen LogP contribution in [0.3, 0.4) is 0 Å². The molecule has 2 rings (SSSR count). The predicted octanol–water partition coefficient (Wildman–Crippen LogP) is 2.61. The Hall–Kier alpha value is -1.74. The summed E-state index contributed by atoms with van der Waals surface area (Å²) >= 11 is 0. The predicted molar refractivity (Wildman–Crippen MR) is 62.4 cm³/mol. The molecule has 1 aromatic heterocycles. The number of nitrogens with zero attached hydrogens (tertiary/aromatic N) is 1. The van der Waals surface area contributed by atoms with Gasteiger partial charge in [0.05, 0.1) is 0 Å². The molecule has 1 N–H and O–H groups in total. The Kier molecular flexibility index (Phi) is 3.27. The van der Waals surface area contributed by atoms with E-state index in [2.05, 4.69) is 10.3 Å². The highest BCUT2D eigenvalue weighted by molar-refractivity contribution is 5.66. The molecule has 3 heteroatoms. The highest BCUT2D eigenvalue weighted by Gasteiger charge is 2.04. The standard InChI is InChI=1S/C13H13FN2/c1-15-8-11-9-16-6-5-13(11)10-3-2-4-12(14)7-10/h2-7,9,15H,8H2,1H3. The smallest absolute Gasteiger partial charge is 0.123 e. The molecular weight excluding hydrogens is 203 g/mol. The Labute approximate surface area is 94.2 Å². The molecule has 0 radical (unpaired) electrons. The maximum atomic E-state index is 13.1. The highest BCUT2D eigenvalue weighted by Crippen LogP contribution is 2.23. The number of pyridine rings is 1. The monoisotopic (exact) mass is 216 g/mol. The van der Waals surface area contributed by atoms with Crippen LogP contribution >= 0.6 is 0 Å². The van der Waals surface area contributed by atoms with Gasteiger partial charge in [-0.3, -0.25) is 4.98 Å². The normalized spacial score (nSPS) is 10.4. The lowest BCUT2D eigenvalue weighted by molar-refractivity contribution is 0.628.